The number of amides is 2. The summed E-state index contributed by atoms with van der Waals surface area (Å²) in [6.45, 7) is 11.4. The highest BCUT2D eigenvalue weighted by Gasteiger charge is 2.68. The first kappa shape index (κ1) is 32.0. The van der Waals surface area contributed by atoms with Gasteiger partial charge in [0.05, 0.1) is 6.10 Å². The molecule has 1 aromatic carbocycles. The number of carbonyl (C=O) groups excluding carboxylic acids is 2. The van der Waals surface area contributed by atoms with Crippen molar-refractivity contribution in [1.82, 2.24) is 16.0 Å². The van der Waals surface area contributed by atoms with E-state index in [0.717, 1.165) is 50.1 Å². The Bertz CT molecular complexity index is 1390. The molecule has 5 N–H and O–H groups in total. The largest absolute Gasteiger partial charge is 0.504 e. The number of benzene rings is 1. The molecular weight excluding hydrogens is 578 g/mol. The molecule has 252 valence electrons. The number of hydrogen-bond acceptors (Lipinski definition) is 6. The van der Waals surface area contributed by atoms with Crippen molar-refractivity contribution in [2.75, 3.05) is 13.1 Å². The summed E-state index contributed by atoms with van der Waals surface area (Å²) in [4.78, 5) is 25.3. The molecule has 8 nitrogen and oxygen atoms in total. The van der Waals surface area contributed by atoms with Gasteiger partial charge in [0.15, 0.2) is 11.5 Å². The van der Waals surface area contributed by atoms with Crippen LogP contribution >= 0.6 is 0 Å². The highest BCUT2D eigenvalue weighted by atomic mass is 16.5. The quantitative estimate of drug-likeness (QED) is 0.159. The van der Waals surface area contributed by atoms with Gasteiger partial charge in [-0.25, -0.2) is 0 Å². The molecule has 0 bridgehead atoms. The minimum Gasteiger partial charge on any atom is -0.504 e. The summed E-state index contributed by atoms with van der Waals surface area (Å²) in [7, 11) is 0. The van der Waals surface area contributed by atoms with E-state index in [9.17, 15) is 19.8 Å². The van der Waals surface area contributed by atoms with E-state index >= 15 is 0 Å². The maximum Gasteiger partial charge on any atom is 0.229 e. The second-order valence-corrected chi connectivity index (χ2v) is 16.5. The Kier molecular flexibility index (Phi) is 8.23. The third-order valence-corrected chi connectivity index (χ3v) is 14.0. The van der Waals surface area contributed by atoms with Gasteiger partial charge in [-0.05, 0) is 122 Å². The molecule has 3 saturated carbocycles. The molecule has 0 radical (unpaired) electrons. The second-order valence-electron chi connectivity index (χ2n) is 16.5. The molecule has 1 spiro atoms. The van der Waals surface area contributed by atoms with E-state index in [0.29, 0.717) is 54.1 Å². The first-order chi connectivity index (χ1) is 21.9. The van der Waals surface area contributed by atoms with Gasteiger partial charge in [-0.15, -0.1) is 0 Å². The maximum absolute atomic E-state index is 12.8. The summed E-state index contributed by atoms with van der Waals surface area (Å²) in [6, 6.07) is 4.69. The van der Waals surface area contributed by atoms with Gasteiger partial charge >= 0.3 is 0 Å². The van der Waals surface area contributed by atoms with Gasteiger partial charge in [0.2, 0.25) is 11.8 Å². The molecule has 8 heteroatoms. The van der Waals surface area contributed by atoms with Crippen LogP contribution in [0.3, 0.4) is 0 Å². The highest BCUT2D eigenvalue weighted by Crippen LogP contribution is 2.70. The van der Waals surface area contributed by atoms with Gasteiger partial charge in [0, 0.05) is 25.0 Å². The molecule has 46 heavy (non-hydrogen) atoms. The number of fused-ring (bicyclic) bond motifs is 7. The van der Waals surface area contributed by atoms with Crippen LogP contribution in [0.5, 0.6) is 11.5 Å². The van der Waals surface area contributed by atoms with Gasteiger partial charge in [-0.1, -0.05) is 45.4 Å². The van der Waals surface area contributed by atoms with Crippen LogP contribution in [0.25, 0.3) is 0 Å². The molecule has 5 fully saturated rings. The molecule has 0 aromatic heterocycles. The minimum atomic E-state index is -0.300. The molecule has 1 aromatic rings. The Hall–Kier alpha value is -2.58. The topological polar surface area (TPSA) is 120 Å². The molecule has 11 atom stereocenters. The predicted octanol–water partition coefficient (Wildman–Crippen LogP) is 5.57. The maximum atomic E-state index is 12.8. The van der Waals surface area contributed by atoms with E-state index in [1.165, 1.54) is 43.4 Å². The fraction of sp³-hybridized carbons (Fsp3) is 0.737. The fourth-order valence-electron chi connectivity index (χ4n) is 11.5. The minimum absolute atomic E-state index is 0.0759. The van der Waals surface area contributed by atoms with Gasteiger partial charge in [-0.2, -0.15) is 0 Å². The smallest absolute Gasteiger partial charge is 0.229 e. The summed E-state index contributed by atoms with van der Waals surface area (Å²) in [5, 5.41) is 29.0. The summed E-state index contributed by atoms with van der Waals surface area (Å²) in [5.41, 5.74) is 2.75. The first-order valence-electron chi connectivity index (χ1n) is 18.1. The first-order valence-corrected chi connectivity index (χ1v) is 18.1. The standard InChI is InChI=1S/C38H55N3O5/c1-22-9-15-38(40-21-22)23(2)35-32(46-38)19-29-27-7-6-25-18-26(10-13-36(25,3)28(27)11-14-37(29,35)4)41-34(45)20-33(44)39-16-12-24-5-8-30(42)31(43)17-24/h5-6,8,17,22-23,26-29,32,35,40,42-43H,7,9-16,18-21H2,1-4H3,(H,39,44)(H,41,45)/t22-,23+,26-,27-,28+,29+,32+,35+,36+,37+,38-/m1/s1. The molecule has 7 rings (SSSR count). The molecule has 6 aliphatic rings. The molecule has 2 aliphatic heterocycles. The van der Waals surface area contributed by atoms with E-state index in [-0.39, 0.29) is 46.9 Å². The average molecular weight is 634 g/mol. The summed E-state index contributed by atoms with van der Waals surface area (Å²) in [5.74, 6) is 3.18. The van der Waals surface area contributed by atoms with Crippen molar-refractivity contribution in [2.45, 2.75) is 116 Å². The zero-order valence-corrected chi connectivity index (χ0v) is 28.2. The zero-order chi connectivity index (χ0) is 32.4. The van der Waals surface area contributed by atoms with Crippen LogP contribution in [-0.4, -0.2) is 53.0 Å². The Morgan fingerprint density at radius 2 is 1.85 bits per heavy atom. The Balaban J connectivity index is 0.935. The normalized spacial score (nSPS) is 42.7. The van der Waals surface area contributed by atoms with Crippen molar-refractivity contribution >= 4 is 11.8 Å². The van der Waals surface area contributed by atoms with Crippen LogP contribution in [0.2, 0.25) is 0 Å². The second kappa shape index (κ2) is 11.8. The lowest BCUT2D eigenvalue weighted by molar-refractivity contribution is -0.129. The van der Waals surface area contributed by atoms with Crippen molar-refractivity contribution in [3.8, 4) is 11.5 Å². The summed E-state index contributed by atoms with van der Waals surface area (Å²) >= 11 is 0. The van der Waals surface area contributed by atoms with Crippen molar-refractivity contribution < 1.29 is 24.5 Å². The molecular formula is C38H55N3O5. The van der Waals surface area contributed by atoms with Crippen LogP contribution in [0.1, 0.15) is 97.5 Å². The van der Waals surface area contributed by atoms with Crippen LogP contribution in [0.4, 0.5) is 0 Å². The van der Waals surface area contributed by atoms with E-state index < -0.39 is 0 Å². The number of nitrogens with one attached hydrogen (secondary N) is 3. The molecule has 2 amide bonds. The van der Waals surface area contributed by atoms with Gasteiger partial charge in [-0.3, -0.25) is 14.9 Å². The number of ether oxygens (including phenoxy) is 1. The van der Waals surface area contributed by atoms with Crippen molar-refractivity contribution in [3.63, 3.8) is 0 Å². The summed E-state index contributed by atoms with van der Waals surface area (Å²) < 4.78 is 7.06. The Morgan fingerprint density at radius 1 is 1.02 bits per heavy atom. The van der Waals surface area contributed by atoms with Crippen molar-refractivity contribution in [3.05, 3.63) is 35.4 Å². The fourth-order valence-corrected chi connectivity index (χ4v) is 11.5. The third-order valence-electron chi connectivity index (χ3n) is 14.0. The van der Waals surface area contributed by atoms with Crippen LogP contribution in [0.15, 0.2) is 29.8 Å². The molecule has 0 unspecified atom stereocenters. The van der Waals surface area contributed by atoms with Crippen LogP contribution in [-0.2, 0) is 20.7 Å². The number of allylic oxidation sites excluding steroid dienone is 1. The highest BCUT2D eigenvalue weighted by molar-refractivity contribution is 5.97. The Labute approximate surface area is 274 Å². The van der Waals surface area contributed by atoms with Gasteiger partial charge < -0.3 is 25.6 Å². The van der Waals surface area contributed by atoms with E-state index in [1.807, 2.05) is 0 Å². The van der Waals surface area contributed by atoms with E-state index in [2.05, 4.69) is 49.7 Å². The van der Waals surface area contributed by atoms with Gasteiger partial charge in [0.1, 0.15) is 12.1 Å². The number of phenolic OH excluding ortho intramolecular Hbond substituents is 2. The summed E-state index contributed by atoms with van der Waals surface area (Å²) in [6.07, 6.45) is 13.5. The number of phenols is 2. The zero-order valence-electron chi connectivity index (χ0n) is 28.2. The molecule has 4 aliphatic carbocycles. The number of rotatable bonds is 6. The Morgan fingerprint density at radius 3 is 2.61 bits per heavy atom. The third kappa shape index (κ3) is 5.35. The lowest BCUT2D eigenvalue weighted by atomic mass is 9.46. The van der Waals surface area contributed by atoms with E-state index in [1.54, 1.807) is 6.07 Å². The number of hydrogen-bond donors (Lipinski definition) is 5. The van der Waals surface area contributed by atoms with E-state index in [4.69, 9.17) is 4.74 Å². The average Bonchev–Trinajstić information content (AvgIpc) is 3.46. The number of piperidine rings is 1. The van der Waals surface area contributed by atoms with Gasteiger partial charge in [0.25, 0.3) is 0 Å². The van der Waals surface area contributed by atoms with Crippen LogP contribution in [0, 0.1) is 46.3 Å². The number of carbonyl (C=O) groups is 2. The molecule has 2 heterocycles. The molecule has 2 saturated heterocycles. The SMILES string of the molecule is C[C@@H]1CC[C@@]2(NC1)O[C@H]1C[C@H]3[C@@H]4CC=C5C[C@H](NC(=O)CC(=O)NCCc6ccc(O)c(O)c6)CC[C@]5(C)[C@H]4CC[C@]3(C)[C@H]1[C@@H]2C. The lowest BCUT2D eigenvalue weighted by Crippen LogP contribution is -2.57. The number of aromatic hydroxyl groups is 2. The predicted molar refractivity (Wildman–Crippen MR) is 177 cm³/mol. The van der Waals surface area contributed by atoms with Crippen LogP contribution < -0.4 is 16.0 Å². The van der Waals surface area contributed by atoms with Crippen molar-refractivity contribution in [1.29, 1.82) is 0 Å². The lowest BCUT2D eigenvalue weighted by Gasteiger charge is -2.58. The van der Waals surface area contributed by atoms with Crippen molar-refractivity contribution in [2.24, 2.45) is 46.3 Å². The monoisotopic (exact) mass is 633 g/mol.